The van der Waals surface area contributed by atoms with Crippen molar-refractivity contribution in [1.82, 2.24) is 0 Å². The van der Waals surface area contributed by atoms with Crippen LogP contribution in [0.5, 0.6) is 0 Å². The van der Waals surface area contributed by atoms with Crippen LogP contribution < -0.4 is 0 Å². The summed E-state index contributed by atoms with van der Waals surface area (Å²) in [5.41, 5.74) is 2.04. The molecule has 0 aromatic carbocycles. The van der Waals surface area contributed by atoms with Gasteiger partial charge in [0, 0.05) is 0 Å². The first-order valence-electron chi connectivity index (χ1n) is 10.1. The number of rotatable bonds is 0. The molecule has 24 heavy (non-hydrogen) atoms. The Labute approximate surface area is 147 Å². The summed E-state index contributed by atoms with van der Waals surface area (Å²) in [6.45, 7) is 12.0. The fourth-order valence-corrected chi connectivity index (χ4v) is 8.09. The van der Waals surface area contributed by atoms with Gasteiger partial charge in [0.1, 0.15) is 0 Å². The molecule has 3 saturated carbocycles. The molecule has 4 aliphatic rings. The fourth-order valence-electron chi connectivity index (χ4n) is 8.09. The maximum atomic E-state index is 11.0. The van der Waals surface area contributed by atoms with Gasteiger partial charge < -0.3 is 10.2 Å². The third kappa shape index (κ3) is 1.80. The standard InChI is InChI=1S/C22H36O2/c1-19(2)16-8-12-22(5)17(20(16,3)11-9-18(19)24)13-15(23)14-7-6-10-21(14,22)4/h7,15-18,23-24H,6,8-13H2,1-5H3/t15-,16+,17-,18+,20+,21-,22-/m1/s1. The Kier molecular flexibility index (Phi) is 3.48. The summed E-state index contributed by atoms with van der Waals surface area (Å²) in [6.07, 6.45) is 9.70. The van der Waals surface area contributed by atoms with Crippen LogP contribution in [0, 0.1) is 33.5 Å². The first-order chi connectivity index (χ1) is 11.1. The third-order valence-corrected chi connectivity index (χ3v) is 9.75. The average molecular weight is 333 g/mol. The normalized spacial score (nSPS) is 56.0. The lowest BCUT2D eigenvalue weighted by Crippen LogP contribution is -2.64. The number of aliphatic hydroxyl groups excluding tert-OH is 2. The minimum absolute atomic E-state index is 0.00796. The molecule has 0 radical (unpaired) electrons. The van der Waals surface area contributed by atoms with E-state index < -0.39 is 0 Å². The Balaban J connectivity index is 1.80. The van der Waals surface area contributed by atoms with Gasteiger partial charge in [-0.05, 0) is 84.0 Å². The second kappa shape index (κ2) is 4.88. The van der Waals surface area contributed by atoms with E-state index in [1.54, 1.807) is 0 Å². The van der Waals surface area contributed by atoms with Crippen molar-refractivity contribution in [1.29, 1.82) is 0 Å². The first kappa shape index (κ1) is 17.1. The molecule has 0 amide bonds. The zero-order valence-electron chi connectivity index (χ0n) is 16.2. The lowest BCUT2D eigenvalue weighted by molar-refractivity contribution is -0.209. The van der Waals surface area contributed by atoms with Gasteiger partial charge in [-0.15, -0.1) is 0 Å². The van der Waals surface area contributed by atoms with Gasteiger partial charge in [0.2, 0.25) is 0 Å². The van der Waals surface area contributed by atoms with Crippen LogP contribution in [-0.4, -0.2) is 22.4 Å². The van der Waals surface area contributed by atoms with Gasteiger partial charge >= 0.3 is 0 Å². The molecular formula is C22H36O2. The molecule has 0 aliphatic heterocycles. The molecule has 136 valence electrons. The highest BCUT2D eigenvalue weighted by Gasteiger charge is 2.67. The number of hydrogen-bond acceptors (Lipinski definition) is 2. The van der Waals surface area contributed by atoms with Gasteiger partial charge in [0.25, 0.3) is 0 Å². The summed E-state index contributed by atoms with van der Waals surface area (Å²) < 4.78 is 0. The van der Waals surface area contributed by atoms with Crippen molar-refractivity contribution in [2.45, 2.75) is 91.8 Å². The molecule has 0 saturated heterocycles. The number of aliphatic hydroxyl groups is 2. The van der Waals surface area contributed by atoms with Gasteiger partial charge in [-0.3, -0.25) is 0 Å². The van der Waals surface area contributed by atoms with Gasteiger partial charge in [0.05, 0.1) is 12.2 Å². The van der Waals surface area contributed by atoms with Crippen LogP contribution in [0.3, 0.4) is 0 Å². The summed E-state index contributed by atoms with van der Waals surface area (Å²) in [5.74, 6) is 1.13. The van der Waals surface area contributed by atoms with Crippen LogP contribution in [0.1, 0.15) is 79.6 Å². The maximum absolute atomic E-state index is 11.0. The summed E-state index contributed by atoms with van der Waals surface area (Å²) in [5, 5.41) is 21.6. The Hall–Kier alpha value is -0.340. The smallest absolute Gasteiger partial charge is 0.0758 e. The molecule has 7 atom stereocenters. The summed E-state index contributed by atoms with van der Waals surface area (Å²) in [7, 11) is 0. The lowest BCUT2D eigenvalue weighted by atomic mass is 9.36. The average Bonchev–Trinajstić information content (AvgIpc) is 2.91. The monoisotopic (exact) mass is 332 g/mol. The lowest BCUT2D eigenvalue weighted by Gasteiger charge is -2.69. The third-order valence-electron chi connectivity index (χ3n) is 9.75. The predicted octanol–water partition coefficient (Wildman–Crippen LogP) is 4.70. The minimum atomic E-state index is -0.249. The topological polar surface area (TPSA) is 40.5 Å². The van der Waals surface area contributed by atoms with Crippen molar-refractivity contribution in [2.24, 2.45) is 33.5 Å². The van der Waals surface area contributed by atoms with E-state index in [0.29, 0.717) is 11.8 Å². The number of hydrogen-bond donors (Lipinski definition) is 2. The zero-order chi connectivity index (χ0) is 17.5. The predicted molar refractivity (Wildman–Crippen MR) is 97.5 cm³/mol. The maximum Gasteiger partial charge on any atom is 0.0758 e. The van der Waals surface area contributed by atoms with E-state index in [1.165, 1.54) is 24.8 Å². The molecular weight excluding hydrogens is 296 g/mol. The first-order valence-corrected chi connectivity index (χ1v) is 10.1. The molecule has 2 N–H and O–H groups in total. The Bertz CT molecular complexity index is 579. The molecule has 0 spiro atoms. The summed E-state index contributed by atoms with van der Waals surface area (Å²) in [6, 6.07) is 0. The SMILES string of the molecule is CC1(C)[C@@H](O)CC[C@]2(C)[C@H]3C[C@@H](O)C4=CCC[C@@]4(C)[C@]3(C)CC[C@@H]12. The molecule has 4 rings (SSSR count). The van der Waals surface area contributed by atoms with E-state index in [2.05, 4.69) is 40.7 Å². The minimum Gasteiger partial charge on any atom is -0.393 e. The van der Waals surface area contributed by atoms with Gasteiger partial charge in [-0.1, -0.05) is 40.7 Å². The van der Waals surface area contributed by atoms with E-state index in [9.17, 15) is 10.2 Å². The molecule has 0 heterocycles. The molecule has 0 aromatic heterocycles. The highest BCUT2D eigenvalue weighted by atomic mass is 16.3. The van der Waals surface area contributed by atoms with Crippen LogP contribution in [0.2, 0.25) is 0 Å². The number of fused-ring (bicyclic) bond motifs is 5. The Morgan fingerprint density at radius 3 is 2.33 bits per heavy atom. The van der Waals surface area contributed by atoms with E-state index in [-0.39, 0.29) is 33.9 Å². The molecule has 4 aliphatic carbocycles. The number of allylic oxidation sites excluding steroid dienone is 1. The molecule has 0 unspecified atom stereocenters. The van der Waals surface area contributed by atoms with Gasteiger partial charge in [-0.2, -0.15) is 0 Å². The Morgan fingerprint density at radius 1 is 0.917 bits per heavy atom. The van der Waals surface area contributed by atoms with Crippen molar-refractivity contribution >= 4 is 0 Å². The van der Waals surface area contributed by atoms with Crippen molar-refractivity contribution in [3.05, 3.63) is 11.6 Å². The molecule has 2 heteroatoms. The largest absolute Gasteiger partial charge is 0.393 e. The van der Waals surface area contributed by atoms with Crippen molar-refractivity contribution in [3.8, 4) is 0 Å². The molecule has 0 bridgehead atoms. The summed E-state index contributed by atoms with van der Waals surface area (Å²) in [4.78, 5) is 0. The van der Waals surface area contributed by atoms with E-state index >= 15 is 0 Å². The second-order valence-electron chi connectivity index (χ2n) is 10.7. The quantitative estimate of drug-likeness (QED) is 0.631. The fraction of sp³-hybridized carbons (Fsp3) is 0.909. The molecule has 2 nitrogen and oxygen atoms in total. The van der Waals surface area contributed by atoms with Crippen LogP contribution in [0.4, 0.5) is 0 Å². The highest BCUT2D eigenvalue weighted by Crippen LogP contribution is 2.73. The van der Waals surface area contributed by atoms with Crippen LogP contribution in [0.15, 0.2) is 11.6 Å². The van der Waals surface area contributed by atoms with E-state index in [1.807, 2.05) is 0 Å². The highest BCUT2D eigenvalue weighted by molar-refractivity contribution is 5.32. The molecule has 3 fully saturated rings. The van der Waals surface area contributed by atoms with Crippen molar-refractivity contribution < 1.29 is 10.2 Å². The summed E-state index contributed by atoms with van der Waals surface area (Å²) >= 11 is 0. The Morgan fingerprint density at radius 2 is 1.62 bits per heavy atom. The van der Waals surface area contributed by atoms with Crippen LogP contribution >= 0.6 is 0 Å². The molecule has 0 aromatic rings. The van der Waals surface area contributed by atoms with Gasteiger partial charge in [0.15, 0.2) is 0 Å². The van der Waals surface area contributed by atoms with E-state index in [0.717, 1.165) is 25.7 Å². The van der Waals surface area contributed by atoms with Crippen molar-refractivity contribution in [2.75, 3.05) is 0 Å². The zero-order valence-corrected chi connectivity index (χ0v) is 16.2. The van der Waals surface area contributed by atoms with E-state index in [4.69, 9.17) is 0 Å². The van der Waals surface area contributed by atoms with Crippen molar-refractivity contribution in [3.63, 3.8) is 0 Å². The second-order valence-corrected chi connectivity index (χ2v) is 10.7. The van der Waals surface area contributed by atoms with Crippen LogP contribution in [0.25, 0.3) is 0 Å². The van der Waals surface area contributed by atoms with Crippen LogP contribution in [-0.2, 0) is 0 Å². The van der Waals surface area contributed by atoms with Gasteiger partial charge in [-0.25, -0.2) is 0 Å².